The van der Waals surface area contributed by atoms with Gasteiger partial charge in [-0.2, -0.15) is 0 Å². The van der Waals surface area contributed by atoms with Gasteiger partial charge in [0.15, 0.2) is 0 Å². The van der Waals surface area contributed by atoms with Crippen molar-refractivity contribution in [1.82, 2.24) is 0 Å². The Morgan fingerprint density at radius 1 is 0.379 bits per heavy atom. The van der Waals surface area contributed by atoms with Crippen LogP contribution in [0, 0.1) is 23.7 Å². The minimum Gasteiger partial charge on any atom is -0.852 e. The minimum absolute atomic E-state index is 0. The fraction of sp³-hybridized carbons (Fsp3) is 1.00. The normalized spacial score (nSPS) is 18.2. The molecule has 0 saturated carbocycles. The zero-order valence-corrected chi connectivity index (χ0v) is 24.0. The summed E-state index contributed by atoms with van der Waals surface area (Å²) < 4.78 is 0. The summed E-state index contributed by atoms with van der Waals surface area (Å²) in [5, 5.41) is 41.8. The maximum Gasteiger partial charge on any atom is 4.00 e. The van der Waals surface area contributed by atoms with E-state index in [1.54, 1.807) is 27.7 Å². The van der Waals surface area contributed by atoms with E-state index < -0.39 is 0 Å². The third-order valence-electron chi connectivity index (χ3n) is 5.78. The van der Waals surface area contributed by atoms with Crippen molar-refractivity contribution in [1.29, 1.82) is 0 Å². The van der Waals surface area contributed by atoms with Gasteiger partial charge in [-0.15, -0.1) is 24.4 Å². The zero-order chi connectivity index (χ0) is 23.4. The summed E-state index contributed by atoms with van der Waals surface area (Å²) >= 11 is 0. The minimum atomic E-state index is -0.384. The summed E-state index contributed by atoms with van der Waals surface area (Å²) in [5.41, 5.74) is 0. The van der Waals surface area contributed by atoms with Crippen LogP contribution in [0.25, 0.3) is 0 Å². The summed E-state index contributed by atoms with van der Waals surface area (Å²) in [5.74, 6) is 1.39. The Labute approximate surface area is 203 Å². The predicted octanol–water partition coefficient (Wildman–Crippen LogP) is 3.12. The summed E-state index contributed by atoms with van der Waals surface area (Å²) in [6.07, 6.45) is 2.48. The van der Waals surface area contributed by atoms with Crippen LogP contribution in [0.4, 0.5) is 0 Å². The zero-order valence-electron chi connectivity index (χ0n) is 21.6. The van der Waals surface area contributed by atoms with E-state index >= 15 is 0 Å². The van der Waals surface area contributed by atoms with Crippen LogP contribution in [-0.4, -0.2) is 24.4 Å². The molecule has 0 aliphatic heterocycles. The summed E-state index contributed by atoms with van der Waals surface area (Å²) in [4.78, 5) is 0. The SMILES string of the molecule is CCC(C)C(C)[O-].CCC(C)C(C)[O-].CCC(C)C(C)[O-].CCC(C)C(C)[O-].[Zr+4]. The Balaban J connectivity index is -0.0000000873. The van der Waals surface area contributed by atoms with E-state index in [1.165, 1.54) is 0 Å². The van der Waals surface area contributed by atoms with Gasteiger partial charge in [0.1, 0.15) is 0 Å². The van der Waals surface area contributed by atoms with E-state index in [9.17, 15) is 20.4 Å². The molecule has 0 fully saturated rings. The molecule has 0 aliphatic carbocycles. The second-order valence-electron chi connectivity index (χ2n) is 8.36. The van der Waals surface area contributed by atoms with Gasteiger partial charge in [0.2, 0.25) is 0 Å². The van der Waals surface area contributed by atoms with Crippen LogP contribution in [0.5, 0.6) is 0 Å². The molecule has 0 spiro atoms. The first-order valence-electron chi connectivity index (χ1n) is 11.4. The molecule has 0 aromatic rings. The van der Waals surface area contributed by atoms with E-state index in [-0.39, 0.29) is 50.6 Å². The van der Waals surface area contributed by atoms with Crippen molar-refractivity contribution < 1.29 is 46.6 Å². The molecule has 0 aliphatic rings. The third kappa shape index (κ3) is 33.6. The molecule has 0 aromatic heterocycles. The van der Waals surface area contributed by atoms with Crippen molar-refractivity contribution in [2.24, 2.45) is 23.7 Å². The topological polar surface area (TPSA) is 92.2 Å². The van der Waals surface area contributed by atoms with E-state index in [0.717, 1.165) is 25.7 Å². The first-order chi connectivity index (χ1) is 12.7. The van der Waals surface area contributed by atoms with Crippen molar-refractivity contribution in [2.75, 3.05) is 0 Å². The van der Waals surface area contributed by atoms with Crippen LogP contribution in [0.3, 0.4) is 0 Å². The molecule has 4 nitrogen and oxygen atoms in total. The quantitative estimate of drug-likeness (QED) is 0.517. The fourth-order valence-corrected chi connectivity index (χ4v) is 1.33. The van der Waals surface area contributed by atoms with Gasteiger partial charge in [-0.25, -0.2) is 0 Å². The van der Waals surface area contributed by atoms with E-state index in [4.69, 9.17) is 0 Å². The van der Waals surface area contributed by atoms with Gasteiger partial charge in [0.25, 0.3) is 0 Å². The predicted molar refractivity (Wildman–Crippen MR) is 116 cm³/mol. The Kier molecular flexibility index (Phi) is 37.0. The van der Waals surface area contributed by atoms with Crippen LogP contribution in [0.15, 0.2) is 0 Å². The van der Waals surface area contributed by atoms with E-state index in [0.29, 0.717) is 23.7 Å². The number of rotatable bonds is 8. The van der Waals surface area contributed by atoms with Crippen LogP contribution in [0.1, 0.15) is 109 Å². The largest absolute Gasteiger partial charge is 4.00 e. The average Bonchev–Trinajstić information content (AvgIpc) is 2.66. The summed E-state index contributed by atoms with van der Waals surface area (Å²) in [6.45, 7) is 23.0. The van der Waals surface area contributed by atoms with Crippen LogP contribution >= 0.6 is 0 Å². The van der Waals surface area contributed by atoms with Crippen molar-refractivity contribution >= 4 is 0 Å². The average molecular weight is 496 g/mol. The Hall–Kier alpha value is 0.723. The molecule has 176 valence electrons. The van der Waals surface area contributed by atoms with Gasteiger partial charge in [-0.3, -0.25) is 0 Å². The van der Waals surface area contributed by atoms with Crippen molar-refractivity contribution in [3.63, 3.8) is 0 Å². The monoisotopic (exact) mass is 494 g/mol. The number of hydrogen-bond donors (Lipinski definition) is 0. The van der Waals surface area contributed by atoms with Crippen LogP contribution in [0.2, 0.25) is 0 Å². The Morgan fingerprint density at radius 2 is 0.483 bits per heavy atom. The molecule has 0 amide bonds. The molecular formula is C24H52O4Zr. The molecular weight excluding hydrogens is 443 g/mol. The number of hydrogen-bond acceptors (Lipinski definition) is 4. The second kappa shape index (κ2) is 26.8. The molecule has 0 radical (unpaired) electrons. The molecule has 29 heavy (non-hydrogen) atoms. The van der Waals surface area contributed by atoms with Crippen molar-refractivity contribution in [3.05, 3.63) is 0 Å². The smallest absolute Gasteiger partial charge is 0.852 e. The molecule has 0 N–H and O–H groups in total. The third-order valence-corrected chi connectivity index (χ3v) is 5.78. The van der Waals surface area contributed by atoms with Gasteiger partial charge in [0, 0.05) is 0 Å². The maximum atomic E-state index is 10.5. The molecule has 8 unspecified atom stereocenters. The van der Waals surface area contributed by atoms with Gasteiger partial charge in [-0.05, 0) is 0 Å². The summed E-state index contributed by atoms with van der Waals surface area (Å²) in [7, 11) is 0. The van der Waals surface area contributed by atoms with Gasteiger partial charge >= 0.3 is 26.2 Å². The standard InChI is InChI=1S/4C6H13O.Zr/c4*1-4-5(2)6(3)7;/h4*5-6H,4H2,1-3H3;/q4*-1;+4. The molecule has 0 heterocycles. The summed E-state index contributed by atoms with van der Waals surface area (Å²) in [6, 6.07) is 0. The first kappa shape index (κ1) is 40.1. The van der Waals surface area contributed by atoms with Crippen LogP contribution < -0.4 is 20.4 Å². The molecule has 8 atom stereocenters. The Bertz CT molecular complexity index is 228. The Morgan fingerprint density at radius 3 is 0.483 bits per heavy atom. The van der Waals surface area contributed by atoms with Gasteiger partial charge in [0.05, 0.1) is 0 Å². The molecule has 0 bridgehead atoms. The van der Waals surface area contributed by atoms with Gasteiger partial charge < -0.3 is 20.4 Å². The molecule has 0 saturated heterocycles. The maximum absolute atomic E-state index is 10.5. The molecule has 0 rings (SSSR count). The van der Waals surface area contributed by atoms with Crippen molar-refractivity contribution in [3.8, 4) is 0 Å². The van der Waals surface area contributed by atoms with Gasteiger partial charge in [-0.1, -0.05) is 132 Å². The molecule has 5 heteroatoms. The second-order valence-corrected chi connectivity index (χ2v) is 8.36. The van der Waals surface area contributed by atoms with E-state index in [2.05, 4.69) is 0 Å². The first-order valence-corrected chi connectivity index (χ1v) is 11.4. The van der Waals surface area contributed by atoms with Crippen molar-refractivity contribution in [2.45, 2.75) is 133 Å². The van der Waals surface area contributed by atoms with E-state index in [1.807, 2.05) is 55.4 Å². The fourth-order valence-electron chi connectivity index (χ4n) is 1.33. The molecule has 0 aromatic carbocycles. The van der Waals surface area contributed by atoms with Crippen LogP contribution in [-0.2, 0) is 26.2 Å².